The zero-order valence-corrected chi connectivity index (χ0v) is 20.3. The minimum Gasteiger partial charge on any atom is -0.456 e. The van der Waals surface area contributed by atoms with Crippen molar-refractivity contribution in [3.63, 3.8) is 0 Å². The minimum atomic E-state index is -1.94. The predicted octanol–water partition coefficient (Wildman–Crippen LogP) is 0.906. The molecule has 3 heterocycles. The van der Waals surface area contributed by atoms with Crippen LogP contribution in [0.25, 0.3) is 0 Å². The molecule has 2 N–H and O–H groups in total. The summed E-state index contributed by atoms with van der Waals surface area (Å²) in [5, 5.41) is 22.4. The Morgan fingerprint density at radius 2 is 1.57 bits per heavy atom. The molecule has 3 aliphatic heterocycles. The Bertz CT molecular complexity index is 1140. The van der Waals surface area contributed by atoms with Crippen LogP contribution in [0.1, 0.15) is 58.3 Å². The lowest BCUT2D eigenvalue weighted by Crippen LogP contribution is -2.39. The smallest absolute Gasteiger partial charge is 0.345 e. The van der Waals surface area contributed by atoms with E-state index in [1.165, 1.54) is 12.2 Å². The summed E-state index contributed by atoms with van der Waals surface area (Å²) >= 11 is 0. The quantitative estimate of drug-likeness (QED) is 0.203. The Labute approximate surface area is 212 Å². The maximum atomic E-state index is 13.3. The maximum Gasteiger partial charge on any atom is 0.345 e. The molecule has 0 fully saturated rings. The number of ketones is 1. The van der Waals surface area contributed by atoms with Crippen LogP contribution in [-0.4, -0.2) is 64.2 Å². The van der Waals surface area contributed by atoms with Crippen molar-refractivity contribution in [1.82, 2.24) is 0 Å². The van der Waals surface area contributed by atoms with Crippen LogP contribution in [0.3, 0.4) is 0 Å². The number of aliphatic hydroxyl groups is 2. The van der Waals surface area contributed by atoms with Gasteiger partial charge in [0, 0.05) is 24.5 Å². The second-order valence-electron chi connectivity index (χ2n) is 9.61. The number of cyclic esters (lactones) is 5. The first-order valence-corrected chi connectivity index (χ1v) is 12.4. The second kappa shape index (κ2) is 10.9. The van der Waals surface area contributed by atoms with E-state index in [1.807, 2.05) is 6.92 Å². The first kappa shape index (κ1) is 26.6. The summed E-state index contributed by atoms with van der Waals surface area (Å²) in [5.74, 6) is -8.33. The van der Waals surface area contributed by atoms with Crippen molar-refractivity contribution >= 4 is 35.6 Å². The molecule has 5 atom stereocenters. The zero-order valence-electron chi connectivity index (χ0n) is 20.3. The molecule has 4 rings (SSSR count). The highest BCUT2D eigenvalue weighted by molar-refractivity contribution is 6.17. The zero-order chi connectivity index (χ0) is 26.9. The molecule has 1 aliphatic carbocycles. The topological polar surface area (TPSA) is 171 Å². The SMILES string of the molecule is CCCCCCC(=O)C1C2=C(CC(C(O)C3CC=CC(=O)O3)CC3=C(C(=O)OC3=O)C1O)C(=O)OC2=O. The number of ether oxygens (including phenoxy) is 3. The number of esters is 5. The summed E-state index contributed by atoms with van der Waals surface area (Å²) in [7, 11) is 0. The van der Waals surface area contributed by atoms with Gasteiger partial charge in [-0.1, -0.05) is 32.3 Å². The van der Waals surface area contributed by atoms with Gasteiger partial charge < -0.3 is 24.4 Å². The van der Waals surface area contributed by atoms with E-state index in [1.54, 1.807) is 0 Å². The van der Waals surface area contributed by atoms with Crippen molar-refractivity contribution in [2.75, 3.05) is 0 Å². The average molecular weight is 516 g/mol. The van der Waals surface area contributed by atoms with Crippen LogP contribution in [0.15, 0.2) is 34.4 Å². The Balaban J connectivity index is 1.79. The molecule has 0 aromatic carbocycles. The van der Waals surface area contributed by atoms with E-state index in [4.69, 9.17) is 14.2 Å². The average Bonchev–Trinajstić information content (AvgIpc) is 3.30. The van der Waals surface area contributed by atoms with Gasteiger partial charge in [-0.3, -0.25) is 4.79 Å². The maximum absolute atomic E-state index is 13.3. The molecule has 11 heteroatoms. The Morgan fingerprint density at radius 1 is 0.946 bits per heavy atom. The fourth-order valence-electron chi connectivity index (χ4n) is 5.30. The highest BCUT2D eigenvalue weighted by Gasteiger charge is 2.51. The summed E-state index contributed by atoms with van der Waals surface area (Å²) in [6.07, 6.45) is 0.691. The third kappa shape index (κ3) is 5.19. The van der Waals surface area contributed by atoms with Gasteiger partial charge in [0.1, 0.15) is 18.0 Å². The molecule has 37 heavy (non-hydrogen) atoms. The van der Waals surface area contributed by atoms with E-state index in [2.05, 4.69) is 0 Å². The molecule has 0 saturated heterocycles. The monoisotopic (exact) mass is 516 g/mol. The first-order valence-electron chi connectivity index (χ1n) is 12.4. The van der Waals surface area contributed by atoms with E-state index in [0.29, 0.717) is 6.42 Å². The lowest BCUT2D eigenvalue weighted by molar-refractivity contribution is -0.154. The van der Waals surface area contributed by atoms with Gasteiger partial charge in [0.2, 0.25) is 0 Å². The molecule has 0 spiro atoms. The number of carbonyl (C=O) groups excluding carboxylic acids is 6. The van der Waals surface area contributed by atoms with Gasteiger partial charge in [-0.05, 0) is 25.2 Å². The van der Waals surface area contributed by atoms with E-state index in [9.17, 15) is 39.0 Å². The van der Waals surface area contributed by atoms with Gasteiger partial charge in [0.15, 0.2) is 0 Å². The van der Waals surface area contributed by atoms with Crippen molar-refractivity contribution in [1.29, 1.82) is 0 Å². The van der Waals surface area contributed by atoms with Crippen LogP contribution in [0.2, 0.25) is 0 Å². The van der Waals surface area contributed by atoms with Crippen LogP contribution in [0.5, 0.6) is 0 Å². The number of carbonyl (C=O) groups is 6. The fourth-order valence-corrected chi connectivity index (χ4v) is 5.30. The largest absolute Gasteiger partial charge is 0.456 e. The van der Waals surface area contributed by atoms with Crippen molar-refractivity contribution < 1.29 is 53.2 Å². The summed E-state index contributed by atoms with van der Waals surface area (Å²) in [6, 6.07) is 0. The van der Waals surface area contributed by atoms with Crippen molar-refractivity contribution in [3.05, 3.63) is 34.4 Å². The lowest BCUT2D eigenvalue weighted by atomic mass is 9.81. The minimum absolute atomic E-state index is 0.0397. The Morgan fingerprint density at radius 3 is 2.19 bits per heavy atom. The van der Waals surface area contributed by atoms with E-state index >= 15 is 0 Å². The van der Waals surface area contributed by atoms with Crippen LogP contribution < -0.4 is 0 Å². The van der Waals surface area contributed by atoms with Crippen molar-refractivity contribution in [2.24, 2.45) is 11.8 Å². The third-order valence-electron chi connectivity index (χ3n) is 7.19. The van der Waals surface area contributed by atoms with Crippen molar-refractivity contribution in [2.45, 2.75) is 76.6 Å². The highest BCUT2D eigenvalue weighted by Crippen LogP contribution is 2.42. The summed E-state index contributed by atoms with van der Waals surface area (Å²) < 4.78 is 14.7. The van der Waals surface area contributed by atoms with E-state index in [0.717, 1.165) is 19.3 Å². The second-order valence-corrected chi connectivity index (χ2v) is 9.61. The van der Waals surface area contributed by atoms with Crippen LogP contribution in [-0.2, 0) is 43.0 Å². The van der Waals surface area contributed by atoms with Gasteiger partial charge in [0.05, 0.1) is 28.7 Å². The Hall–Kier alpha value is -3.44. The predicted molar refractivity (Wildman–Crippen MR) is 122 cm³/mol. The summed E-state index contributed by atoms with van der Waals surface area (Å²) in [4.78, 5) is 75.8. The number of hydrogen-bond donors (Lipinski definition) is 2. The molecule has 11 nitrogen and oxygen atoms in total. The van der Waals surface area contributed by atoms with E-state index < -0.39 is 76.9 Å². The van der Waals surface area contributed by atoms with Crippen molar-refractivity contribution in [3.8, 4) is 0 Å². The summed E-state index contributed by atoms with van der Waals surface area (Å²) in [5.41, 5.74) is -1.36. The highest BCUT2D eigenvalue weighted by atomic mass is 16.6. The standard InChI is InChI=1S/C26H28O11/c1-2-3-4-5-7-15(27)20-18-13(23(31)36-25(18)33)10-12(21(29)16-8-6-9-17(28)35-16)11-14-19(22(20)30)26(34)37-24(14)32/h6,9,12,16,20-22,29-30H,2-5,7-8,10-11H2,1H3. The number of hydrogen-bond acceptors (Lipinski definition) is 11. The van der Waals surface area contributed by atoms with Gasteiger partial charge in [-0.15, -0.1) is 0 Å². The molecule has 0 aromatic rings. The Kier molecular flexibility index (Phi) is 7.84. The number of aliphatic hydroxyl groups excluding tert-OH is 2. The molecule has 5 unspecified atom stereocenters. The molecule has 198 valence electrons. The molecule has 0 saturated carbocycles. The molecular weight excluding hydrogens is 488 g/mol. The number of rotatable bonds is 8. The first-order chi connectivity index (χ1) is 17.6. The normalized spacial score (nSPS) is 28.7. The molecule has 4 aliphatic rings. The molecule has 0 amide bonds. The number of Topliss-reactive ketones (excluding diaryl/α,β-unsaturated/α-hetero) is 1. The number of unbranched alkanes of at least 4 members (excludes halogenated alkanes) is 3. The fraction of sp³-hybridized carbons (Fsp3) is 0.538. The lowest BCUT2D eigenvalue weighted by Gasteiger charge is -2.30. The molecule has 0 aromatic heterocycles. The van der Waals surface area contributed by atoms with Crippen LogP contribution in [0, 0.1) is 11.8 Å². The van der Waals surface area contributed by atoms with Gasteiger partial charge in [-0.25, -0.2) is 24.0 Å². The van der Waals surface area contributed by atoms with Gasteiger partial charge >= 0.3 is 29.8 Å². The van der Waals surface area contributed by atoms with E-state index in [-0.39, 0.29) is 36.8 Å². The van der Waals surface area contributed by atoms with Crippen LogP contribution in [0.4, 0.5) is 0 Å². The summed E-state index contributed by atoms with van der Waals surface area (Å²) in [6.45, 7) is 1.99. The van der Waals surface area contributed by atoms with Crippen LogP contribution >= 0.6 is 0 Å². The molecule has 0 radical (unpaired) electrons. The van der Waals surface area contributed by atoms with Gasteiger partial charge in [0.25, 0.3) is 0 Å². The molecule has 0 bridgehead atoms. The molecular formula is C26H28O11. The van der Waals surface area contributed by atoms with Gasteiger partial charge in [-0.2, -0.15) is 0 Å². The third-order valence-corrected chi connectivity index (χ3v) is 7.19.